The van der Waals surface area contributed by atoms with Gasteiger partial charge in [0.25, 0.3) is 5.91 Å². The van der Waals surface area contributed by atoms with E-state index >= 15 is 0 Å². The highest BCUT2D eigenvalue weighted by atomic mass is 79.9. The predicted octanol–water partition coefficient (Wildman–Crippen LogP) is 4.97. The summed E-state index contributed by atoms with van der Waals surface area (Å²) in [6.07, 6.45) is 0. The average Bonchev–Trinajstić information content (AvgIpc) is 2.37. The van der Waals surface area contributed by atoms with E-state index in [9.17, 15) is 4.79 Å². The first-order valence-electron chi connectivity index (χ1n) is 5.81. The van der Waals surface area contributed by atoms with E-state index in [0.29, 0.717) is 16.3 Å². The number of carbonyl (C=O) groups excluding carboxylic acids is 1. The predicted molar refractivity (Wildman–Crippen MR) is 83.0 cm³/mol. The lowest BCUT2D eigenvalue weighted by Gasteiger charge is -2.08. The maximum Gasteiger partial charge on any atom is 0.255 e. The normalized spacial score (nSPS) is 10.3. The lowest BCUT2D eigenvalue weighted by molar-refractivity contribution is 0.102. The van der Waals surface area contributed by atoms with Crippen molar-refractivity contribution < 1.29 is 4.79 Å². The first-order chi connectivity index (χ1) is 8.97. The summed E-state index contributed by atoms with van der Waals surface area (Å²) >= 11 is 9.30. The minimum atomic E-state index is -0.138. The highest BCUT2D eigenvalue weighted by molar-refractivity contribution is 9.10. The molecule has 0 aliphatic carbocycles. The van der Waals surface area contributed by atoms with Crippen molar-refractivity contribution in [2.45, 2.75) is 13.8 Å². The first-order valence-corrected chi connectivity index (χ1v) is 6.98. The maximum atomic E-state index is 12.1. The molecular formula is C15H13BrClNO. The van der Waals surface area contributed by atoms with Crippen LogP contribution in [-0.2, 0) is 0 Å². The lowest BCUT2D eigenvalue weighted by atomic mass is 10.1. The summed E-state index contributed by atoms with van der Waals surface area (Å²) < 4.78 is 0.804. The van der Waals surface area contributed by atoms with Crippen LogP contribution in [0.4, 0.5) is 5.69 Å². The second-order valence-corrected chi connectivity index (χ2v) is 5.64. The van der Waals surface area contributed by atoms with Gasteiger partial charge in [0, 0.05) is 15.7 Å². The Balaban J connectivity index is 2.20. The highest BCUT2D eigenvalue weighted by Crippen LogP contribution is 2.25. The summed E-state index contributed by atoms with van der Waals surface area (Å²) in [5, 5.41) is 3.40. The van der Waals surface area contributed by atoms with Gasteiger partial charge in [-0.1, -0.05) is 17.7 Å². The number of hydrogen-bond acceptors (Lipinski definition) is 1. The molecule has 0 unspecified atom stereocenters. The van der Waals surface area contributed by atoms with Crippen LogP contribution >= 0.6 is 27.5 Å². The zero-order valence-corrected chi connectivity index (χ0v) is 13.0. The van der Waals surface area contributed by atoms with Gasteiger partial charge < -0.3 is 5.32 Å². The van der Waals surface area contributed by atoms with E-state index in [1.165, 1.54) is 5.56 Å². The Hall–Kier alpha value is -1.32. The van der Waals surface area contributed by atoms with Crippen LogP contribution in [0.2, 0.25) is 5.02 Å². The van der Waals surface area contributed by atoms with E-state index in [4.69, 9.17) is 11.6 Å². The summed E-state index contributed by atoms with van der Waals surface area (Å²) in [6, 6.07) is 11.0. The Morgan fingerprint density at radius 3 is 2.47 bits per heavy atom. The van der Waals surface area contributed by atoms with Gasteiger partial charge in [-0.15, -0.1) is 0 Å². The SMILES string of the molecule is Cc1ccc(C(=O)Nc2ccc(Br)c(Cl)c2)cc1C. The Labute approximate surface area is 125 Å². The van der Waals surface area contributed by atoms with Crippen LogP contribution in [0, 0.1) is 13.8 Å². The molecule has 0 fully saturated rings. The van der Waals surface area contributed by atoms with Gasteiger partial charge in [-0.05, 0) is 71.2 Å². The molecule has 1 amide bonds. The fourth-order valence-electron chi connectivity index (χ4n) is 1.66. The molecule has 0 saturated heterocycles. The van der Waals surface area contributed by atoms with Crippen molar-refractivity contribution in [3.8, 4) is 0 Å². The Morgan fingerprint density at radius 1 is 1.11 bits per heavy atom. The lowest BCUT2D eigenvalue weighted by Crippen LogP contribution is -2.12. The quantitative estimate of drug-likeness (QED) is 0.823. The molecule has 2 rings (SSSR count). The van der Waals surface area contributed by atoms with Gasteiger partial charge >= 0.3 is 0 Å². The molecule has 1 N–H and O–H groups in total. The van der Waals surface area contributed by atoms with Crippen LogP contribution in [0.25, 0.3) is 0 Å². The van der Waals surface area contributed by atoms with Gasteiger partial charge in [0.15, 0.2) is 0 Å². The number of rotatable bonds is 2. The first kappa shape index (κ1) is 14.1. The Kier molecular flexibility index (Phi) is 4.27. The second kappa shape index (κ2) is 5.76. The molecule has 0 aliphatic heterocycles. The van der Waals surface area contributed by atoms with Crippen LogP contribution < -0.4 is 5.32 Å². The largest absolute Gasteiger partial charge is 0.322 e. The van der Waals surface area contributed by atoms with E-state index in [-0.39, 0.29) is 5.91 Å². The molecule has 2 aromatic carbocycles. The van der Waals surface area contributed by atoms with Crippen molar-refractivity contribution in [1.29, 1.82) is 0 Å². The smallest absolute Gasteiger partial charge is 0.255 e. The summed E-state index contributed by atoms with van der Waals surface area (Å²) in [4.78, 5) is 12.1. The van der Waals surface area contributed by atoms with Crippen LogP contribution in [-0.4, -0.2) is 5.91 Å². The van der Waals surface area contributed by atoms with Crippen LogP contribution in [0.3, 0.4) is 0 Å². The van der Waals surface area contributed by atoms with Crippen LogP contribution in [0.5, 0.6) is 0 Å². The molecule has 2 aromatic rings. The summed E-state index contributed by atoms with van der Waals surface area (Å²) in [5.41, 5.74) is 3.59. The zero-order chi connectivity index (χ0) is 14.0. The van der Waals surface area contributed by atoms with Gasteiger partial charge in [-0.25, -0.2) is 0 Å². The number of anilines is 1. The molecule has 0 saturated carbocycles. The van der Waals surface area contributed by atoms with E-state index in [1.807, 2.05) is 32.0 Å². The van der Waals surface area contributed by atoms with E-state index in [1.54, 1.807) is 18.2 Å². The maximum absolute atomic E-state index is 12.1. The Morgan fingerprint density at radius 2 is 1.84 bits per heavy atom. The van der Waals surface area contributed by atoms with Crippen molar-refractivity contribution in [3.63, 3.8) is 0 Å². The molecule has 19 heavy (non-hydrogen) atoms. The molecule has 0 heterocycles. The molecule has 0 aliphatic rings. The number of aryl methyl sites for hydroxylation is 2. The van der Waals surface area contributed by atoms with E-state index in [2.05, 4.69) is 21.2 Å². The summed E-state index contributed by atoms with van der Waals surface area (Å²) in [7, 11) is 0. The van der Waals surface area contributed by atoms with Crippen molar-refractivity contribution in [1.82, 2.24) is 0 Å². The van der Waals surface area contributed by atoms with E-state index < -0.39 is 0 Å². The number of benzene rings is 2. The van der Waals surface area contributed by atoms with E-state index in [0.717, 1.165) is 10.0 Å². The van der Waals surface area contributed by atoms with Crippen molar-refractivity contribution in [3.05, 3.63) is 62.6 Å². The van der Waals surface area contributed by atoms with Gasteiger partial charge in [0.1, 0.15) is 0 Å². The zero-order valence-electron chi connectivity index (χ0n) is 10.6. The third-order valence-electron chi connectivity index (χ3n) is 2.95. The van der Waals surface area contributed by atoms with Gasteiger partial charge in [0.2, 0.25) is 0 Å². The molecule has 0 spiro atoms. The topological polar surface area (TPSA) is 29.1 Å². The van der Waals surface area contributed by atoms with Gasteiger partial charge in [0.05, 0.1) is 5.02 Å². The number of halogens is 2. The van der Waals surface area contributed by atoms with Crippen molar-refractivity contribution in [2.24, 2.45) is 0 Å². The van der Waals surface area contributed by atoms with Gasteiger partial charge in [-0.2, -0.15) is 0 Å². The van der Waals surface area contributed by atoms with Crippen LogP contribution in [0.1, 0.15) is 21.5 Å². The number of carbonyl (C=O) groups is 1. The van der Waals surface area contributed by atoms with Crippen LogP contribution in [0.15, 0.2) is 40.9 Å². The number of hydrogen-bond donors (Lipinski definition) is 1. The van der Waals surface area contributed by atoms with Crippen molar-refractivity contribution >= 4 is 39.1 Å². The fourth-order valence-corrected chi connectivity index (χ4v) is 2.09. The molecule has 2 nitrogen and oxygen atoms in total. The van der Waals surface area contributed by atoms with Gasteiger partial charge in [-0.3, -0.25) is 4.79 Å². The minimum absolute atomic E-state index is 0.138. The monoisotopic (exact) mass is 337 g/mol. The highest BCUT2D eigenvalue weighted by Gasteiger charge is 2.08. The molecule has 0 radical (unpaired) electrons. The molecule has 4 heteroatoms. The summed E-state index contributed by atoms with van der Waals surface area (Å²) in [5.74, 6) is -0.138. The molecule has 0 bridgehead atoms. The molecule has 0 aromatic heterocycles. The third kappa shape index (κ3) is 3.37. The molecular weight excluding hydrogens is 326 g/mol. The molecule has 98 valence electrons. The Bertz CT molecular complexity index is 640. The fraction of sp³-hybridized carbons (Fsp3) is 0.133. The third-order valence-corrected chi connectivity index (χ3v) is 4.18. The standard InChI is InChI=1S/C15H13BrClNO/c1-9-3-4-11(7-10(9)2)15(19)18-12-5-6-13(16)14(17)8-12/h3-8H,1-2H3,(H,18,19). The molecule has 0 atom stereocenters. The van der Waals surface area contributed by atoms with Crippen molar-refractivity contribution in [2.75, 3.05) is 5.32 Å². The summed E-state index contributed by atoms with van der Waals surface area (Å²) in [6.45, 7) is 4.01. The second-order valence-electron chi connectivity index (χ2n) is 4.38. The number of nitrogens with one attached hydrogen (secondary N) is 1. The minimum Gasteiger partial charge on any atom is -0.322 e. The number of amides is 1. The average molecular weight is 339 g/mol.